The summed E-state index contributed by atoms with van der Waals surface area (Å²) >= 11 is 3.96. The van der Waals surface area contributed by atoms with Crippen LogP contribution in [0.15, 0.2) is 0 Å². The number of nitrogens with zero attached hydrogens (tertiary/aromatic N) is 1. The fourth-order valence-electron chi connectivity index (χ4n) is 0.792. The van der Waals surface area contributed by atoms with Crippen LogP contribution in [0.3, 0.4) is 0 Å². The number of carbonyl (C=O) groups excluding carboxylic acids is 2. The molecule has 1 fully saturated rings. The Balaban J connectivity index is 2.63. The molecule has 0 saturated carbocycles. The molecule has 1 unspecified atom stereocenters. The Labute approximate surface area is 64.0 Å². The zero-order valence-corrected chi connectivity index (χ0v) is 6.39. The van der Waals surface area contributed by atoms with Gasteiger partial charge in [-0.05, 0) is 0 Å². The number of nitrogens with one attached hydrogen (secondary N) is 1. The minimum Gasteiger partial charge on any atom is -0.326 e. The molecule has 1 aliphatic heterocycles. The highest BCUT2D eigenvalue weighted by Gasteiger charge is 2.28. The molecule has 0 bridgehead atoms. The van der Waals surface area contributed by atoms with Crippen molar-refractivity contribution in [1.29, 1.82) is 0 Å². The van der Waals surface area contributed by atoms with Crippen LogP contribution in [0.1, 0.15) is 6.92 Å². The van der Waals surface area contributed by atoms with Gasteiger partial charge in [-0.15, -0.1) is 12.6 Å². The van der Waals surface area contributed by atoms with E-state index in [1.54, 1.807) is 0 Å². The minimum absolute atomic E-state index is 0.128. The zero-order valence-electron chi connectivity index (χ0n) is 5.50. The lowest BCUT2D eigenvalue weighted by Crippen LogP contribution is -2.34. The summed E-state index contributed by atoms with van der Waals surface area (Å²) in [6.07, 6.45) is 0. The van der Waals surface area contributed by atoms with Gasteiger partial charge in [0.2, 0.25) is 11.8 Å². The molecule has 56 valence electrons. The summed E-state index contributed by atoms with van der Waals surface area (Å²) < 4.78 is 0. The van der Waals surface area contributed by atoms with Crippen LogP contribution in [0.2, 0.25) is 0 Å². The third-order valence-corrected chi connectivity index (χ3v) is 1.71. The van der Waals surface area contributed by atoms with E-state index in [2.05, 4.69) is 17.9 Å². The zero-order chi connectivity index (χ0) is 7.72. The van der Waals surface area contributed by atoms with Crippen LogP contribution in [0.4, 0.5) is 0 Å². The molecule has 2 amide bonds. The molecule has 1 rings (SSSR count). The van der Waals surface area contributed by atoms with Crippen molar-refractivity contribution in [1.82, 2.24) is 10.2 Å². The maximum absolute atomic E-state index is 10.7. The molecular weight excluding hydrogens is 152 g/mol. The second-order valence-electron chi connectivity index (χ2n) is 2.09. The summed E-state index contributed by atoms with van der Waals surface area (Å²) in [4.78, 5) is 22.7. The Morgan fingerprint density at radius 3 is 2.70 bits per heavy atom. The van der Waals surface area contributed by atoms with Crippen molar-refractivity contribution < 1.29 is 9.59 Å². The number of hydrogen-bond donors (Lipinski definition) is 2. The summed E-state index contributed by atoms with van der Waals surface area (Å²) in [6.45, 7) is 1.53. The molecule has 4 nitrogen and oxygen atoms in total. The van der Waals surface area contributed by atoms with E-state index in [9.17, 15) is 9.59 Å². The monoisotopic (exact) mass is 160 g/mol. The van der Waals surface area contributed by atoms with Gasteiger partial charge < -0.3 is 10.2 Å². The molecule has 1 aliphatic rings. The van der Waals surface area contributed by atoms with Crippen LogP contribution in [0.25, 0.3) is 0 Å². The standard InChI is InChI=1S/C5H8N2O2S/c1-3(8)7-2-4(9)6-5(7)10/h5,10H,2H2,1H3,(H,6,9). The summed E-state index contributed by atoms with van der Waals surface area (Å²) in [7, 11) is 0. The molecule has 10 heavy (non-hydrogen) atoms. The number of amides is 2. The lowest BCUT2D eigenvalue weighted by atomic mass is 10.5. The van der Waals surface area contributed by atoms with Gasteiger partial charge in [-0.1, -0.05) is 0 Å². The first-order valence-corrected chi connectivity index (χ1v) is 3.37. The van der Waals surface area contributed by atoms with Crippen molar-refractivity contribution >= 4 is 24.4 Å². The van der Waals surface area contributed by atoms with Gasteiger partial charge in [-0.3, -0.25) is 9.59 Å². The largest absolute Gasteiger partial charge is 0.326 e. The molecular formula is C5H8N2O2S. The first kappa shape index (κ1) is 7.40. The summed E-state index contributed by atoms with van der Waals surface area (Å²) in [5.41, 5.74) is -0.440. The maximum Gasteiger partial charge on any atom is 0.241 e. The van der Waals surface area contributed by atoms with Crippen molar-refractivity contribution in [3.05, 3.63) is 0 Å². The highest BCUT2D eigenvalue weighted by atomic mass is 32.1. The van der Waals surface area contributed by atoms with Gasteiger partial charge in [-0.2, -0.15) is 0 Å². The molecule has 0 aromatic carbocycles. The van der Waals surface area contributed by atoms with Crippen LogP contribution in [-0.2, 0) is 9.59 Å². The van der Waals surface area contributed by atoms with Crippen LogP contribution < -0.4 is 5.32 Å². The topological polar surface area (TPSA) is 49.4 Å². The Bertz CT molecular complexity index is 182. The number of hydrogen-bond acceptors (Lipinski definition) is 3. The molecule has 1 N–H and O–H groups in total. The Morgan fingerprint density at radius 2 is 2.50 bits per heavy atom. The molecule has 1 heterocycles. The van der Waals surface area contributed by atoms with Gasteiger partial charge in [0.25, 0.3) is 0 Å². The summed E-state index contributed by atoms with van der Waals surface area (Å²) in [5, 5.41) is 2.48. The van der Waals surface area contributed by atoms with Gasteiger partial charge in [0.1, 0.15) is 12.0 Å². The molecule has 0 aromatic heterocycles. The fourth-order valence-corrected chi connectivity index (χ4v) is 1.18. The van der Waals surface area contributed by atoms with E-state index in [1.165, 1.54) is 11.8 Å². The number of carbonyl (C=O) groups is 2. The Morgan fingerprint density at radius 1 is 1.90 bits per heavy atom. The fraction of sp³-hybridized carbons (Fsp3) is 0.600. The van der Waals surface area contributed by atoms with Crippen molar-refractivity contribution in [2.45, 2.75) is 12.4 Å². The third-order valence-electron chi connectivity index (χ3n) is 1.30. The van der Waals surface area contributed by atoms with E-state index in [1.807, 2.05) is 0 Å². The highest BCUT2D eigenvalue weighted by Crippen LogP contribution is 2.06. The average molecular weight is 160 g/mol. The van der Waals surface area contributed by atoms with Gasteiger partial charge in [0.15, 0.2) is 0 Å². The van der Waals surface area contributed by atoms with Crippen LogP contribution in [0.5, 0.6) is 0 Å². The minimum atomic E-state index is -0.440. The first-order valence-electron chi connectivity index (χ1n) is 2.86. The van der Waals surface area contributed by atoms with E-state index < -0.39 is 5.50 Å². The van der Waals surface area contributed by atoms with Crippen LogP contribution in [0, 0.1) is 0 Å². The van der Waals surface area contributed by atoms with Crippen molar-refractivity contribution in [2.75, 3.05) is 6.54 Å². The highest BCUT2D eigenvalue weighted by molar-refractivity contribution is 7.80. The summed E-state index contributed by atoms with van der Waals surface area (Å²) in [5.74, 6) is -0.298. The predicted octanol–water partition coefficient (Wildman–Crippen LogP) is -0.822. The van der Waals surface area contributed by atoms with Crippen molar-refractivity contribution in [3.63, 3.8) is 0 Å². The quantitative estimate of drug-likeness (QED) is 0.455. The van der Waals surface area contributed by atoms with Gasteiger partial charge >= 0.3 is 0 Å². The second-order valence-corrected chi connectivity index (χ2v) is 2.58. The SMILES string of the molecule is CC(=O)N1CC(=O)NC1S. The Kier molecular flexibility index (Phi) is 1.85. The van der Waals surface area contributed by atoms with Crippen molar-refractivity contribution in [3.8, 4) is 0 Å². The molecule has 0 radical (unpaired) electrons. The predicted molar refractivity (Wildman–Crippen MR) is 38.3 cm³/mol. The lowest BCUT2D eigenvalue weighted by molar-refractivity contribution is -0.130. The molecule has 5 heteroatoms. The lowest BCUT2D eigenvalue weighted by Gasteiger charge is -2.15. The summed E-state index contributed by atoms with van der Waals surface area (Å²) in [6, 6.07) is 0. The maximum atomic E-state index is 10.7. The van der Waals surface area contributed by atoms with Crippen LogP contribution >= 0.6 is 12.6 Å². The van der Waals surface area contributed by atoms with Gasteiger partial charge in [0.05, 0.1) is 0 Å². The van der Waals surface area contributed by atoms with E-state index in [0.29, 0.717) is 0 Å². The first-order chi connectivity index (χ1) is 4.61. The molecule has 0 aromatic rings. The average Bonchev–Trinajstić information content (AvgIpc) is 2.10. The second kappa shape index (κ2) is 2.49. The third kappa shape index (κ3) is 1.23. The van der Waals surface area contributed by atoms with Crippen LogP contribution in [-0.4, -0.2) is 28.8 Å². The van der Waals surface area contributed by atoms with Gasteiger partial charge in [-0.25, -0.2) is 0 Å². The van der Waals surface area contributed by atoms with E-state index >= 15 is 0 Å². The van der Waals surface area contributed by atoms with E-state index in [-0.39, 0.29) is 18.4 Å². The number of rotatable bonds is 0. The normalized spacial score (nSPS) is 24.8. The number of thiol groups is 1. The van der Waals surface area contributed by atoms with Crippen molar-refractivity contribution in [2.24, 2.45) is 0 Å². The molecule has 0 spiro atoms. The molecule has 0 aliphatic carbocycles. The Hall–Kier alpha value is -0.710. The smallest absolute Gasteiger partial charge is 0.241 e. The molecule has 1 atom stereocenters. The van der Waals surface area contributed by atoms with E-state index in [4.69, 9.17) is 0 Å². The van der Waals surface area contributed by atoms with Gasteiger partial charge in [0, 0.05) is 6.92 Å². The molecule has 1 saturated heterocycles. The van der Waals surface area contributed by atoms with E-state index in [0.717, 1.165) is 0 Å².